The highest BCUT2D eigenvalue weighted by Gasteiger charge is 2.29. The number of amides is 2. The fraction of sp³-hybridized carbons (Fsp3) is 0.500. The van der Waals surface area contributed by atoms with Gasteiger partial charge in [0.1, 0.15) is 0 Å². The molecule has 1 saturated carbocycles. The Kier molecular flexibility index (Phi) is 9.97. The second-order valence-corrected chi connectivity index (χ2v) is 12.1. The lowest BCUT2D eigenvalue weighted by Crippen LogP contribution is -2.45. The summed E-state index contributed by atoms with van der Waals surface area (Å²) in [7, 11) is -2.00. The van der Waals surface area contributed by atoms with Crippen molar-refractivity contribution in [3.63, 3.8) is 0 Å². The molecule has 0 heterocycles. The van der Waals surface area contributed by atoms with E-state index >= 15 is 0 Å². The number of nitrogens with zero attached hydrogens (tertiary/aromatic N) is 1. The first-order valence-corrected chi connectivity index (χ1v) is 14.6. The van der Waals surface area contributed by atoms with Crippen LogP contribution in [0, 0.1) is 11.8 Å². The summed E-state index contributed by atoms with van der Waals surface area (Å²) >= 11 is 0. The summed E-state index contributed by atoms with van der Waals surface area (Å²) in [5.41, 5.74) is 8.09. The number of nitrogen functional groups attached to an aromatic ring is 1. The molecule has 1 fully saturated rings. The number of carbonyl (C=O) groups excluding carboxylic acids is 2. The molecule has 2 amide bonds. The molecule has 3 rings (SSSR count). The van der Waals surface area contributed by atoms with Crippen LogP contribution in [0.15, 0.2) is 53.4 Å². The molecule has 37 heavy (non-hydrogen) atoms. The molecule has 1 aliphatic carbocycles. The molecular formula is C28H40N4O4S. The van der Waals surface area contributed by atoms with E-state index in [1.54, 1.807) is 30.3 Å². The van der Waals surface area contributed by atoms with Gasteiger partial charge < -0.3 is 16.0 Å². The smallest absolute Gasteiger partial charge is 0.264 e. The Morgan fingerprint density at radius 3 is 2.35 bits per heavy atom. The third kappa shape index (κ3) is 8.21. The lowest BCUT2D eigenvalue weighted by molar-refractivity contribution is -0.120. The first kappa shape index (κ1) is 28.5. The fourth-order valence-corrected chi connectivity index (χ4v) is 5.81. The van der Waals surface area contributed by atoms with Crippen LogP contribution in [0.2, 0.25) is 0 Å². The van der Waals surface area contributed by atoms with Gasteiger partial charge in [-0.05, 0) is 61.4 Å². The highest BCUT2D eigenvalue weighted by atomic mass is 32.2. The Bertz CT molecular complexity index is 1160. The fourth-order valence-electron chi connectivity index (χ4n) is 4.79. The normalized spacial score (nSPS) is 15.2. The Morgan fingerprint density at radius 1 is 1.05 bits per heavy atom. The Labute approximate surface area is 221 Å². The van der Waals surface area contributed by atoms with E-state index in [0.29, 0.717) is 17.2 Å². The predicted octanol–water partition coefficient (Wildman–Crippen LogP) is 4.33. The maximum atomic E-state index is 13.2. The van der Waals surface area contributed by atoms with Gasteiger partial charge >= 0.3 is 0 Å². The number of hydrogen-bond donors (Lipinski definition) is 3. The van der Waals surface area contributed by atoms with Crippen LogP contribution in [0.4, 0.5) is 11.4 Å². The van der Waals surface area contributed by atoms with Gasteiger partial charge in [-0.15, -0.1) is 0 Å². The van der Waals surface area contributed by atoms with E-state index in [-0.39, 0.29) is 23.1 Å². The molecule has 4 N–H and O–H groups in total. The van der Waals surface area contributed by atoms with Crippen LogP contribution in [0.25, 0.3) is 0 Å². The van der Waals surface area contributed by atoms with Gasteiger partial charge in [0.05, 0.1) is 16.3 Å². The molecule has 0 aromatic heterocycles. The monoisotopic (exact) mass is 528 g/mol. The first-order chi connectivity index (χ1) is 17.6. The highest BCUT2D eigenvalue weighted by Crippen LogP contribution is 2.29. The Balaban J connectivity index is 1.71. The van der Waals surface area contributed by atoms with Gasteiger partial charge in [-0.25, -0.2) is 13.1 Å². The summed E-state index contributed by atoms with van der Waals surface area (Å²) in [6.07, 6.45) is 5.83. The van der Waals surface area contributed by atoms with Gasteiger partial charge in [-0.1, -0.05) is 51.3 Å². The maximum absolute atomic E-state index is 13.2. The van der Waals surface area contributed by atoms with Crippen molar-refractivity contribution in [2.24, 2.45) is 11.8 Å². The summed E-state index contributed by atoms with van der Waals surface area (Å²) in [5, 5.41) is 3.01. The van der Waals surface area contributed by atoms with Crippen molar-refractivity contribution in [3.8, 4) is 0 Å². The standard InChI is InChI=1S/C28H40N4O4S/c1-20(2)16-17-32(3)26-15-14-22(18-24(26)29)28(34)30-25(21-10-6-4-7-11-21)19-27(33)31-37(35,36)23-12-8-5-9-13-23/h5,8-9,12-15,18,20-21,25H,4,6-7,10-11,16-17,19,29H2,1-3H3,(H,30,34)(H,31,33). The van der Waals surface area contributed by atoms with Crippen molar-refractivity contribution in [2.75, 3.05) is 24.2 Å². The van der Waals surface area contributed by atoms with E-state index in [1.807, 2.05) is 13.1 Å². The van der Waals surface area contributed by atoms with Gasteiger partial charge in [-0.3, -0.25) is 9.59 Å². The summed E-state index contributed by atoms with van der Waals surface area (Å²) in [6, 6.07) is 12.5. The minimum atomic E-state index is -3.98. The SMILES string of the molecule is CC(C)CCN(C)c1ccc(C(=O)NC(CC(=O)NS(=O)(=O)c2ccccc2)C2CCCCC2)cc1N. The van der Waals surface area contributed by atoms with Crippen molar-refractivity contribution in [1.29, 1.82) is 0 Å². The molecule has 0 radical (unpaired) electrons. The van der Waals surface area contributed by atoms with Crippen LogP contribution in [0.1, 0.15) is 69.2 Å². The second kappa shape index (κ2) is 12.9. The predicted molar refractivity (Wildman–Crippen MR) is 148 cm³/mol. The van der Waals surface area contributed by atoms with E-state index in [4.69, 9.17) is 5.73 Å². The van der Waals surface area contributed by atoms with Crippen molar-refractivity contribution in [2.45, 2.75) is 69.7 Å². The van der Waals surface area contributed by atoms with E-state index in [9.17, 15) is 18.0 Å². The minimum absolute atomic E-state index is 0.0236. The summed E-state index contributed by atoms with van der Waals surface area (Å²) in [5.74, 6) is -0.286. The Hall–Kier alpha value is -3.07. The van der Waals surface area contributed by atoms with Crippen LogP contribution < -0.4 is 20.7 Å². The third-order valence-electron chi connectivity index (χ3n) is 6.99. The minimum Gasteiger partial charge on any atom is -0.397 e. The number of rotatable bonds is 11. The summed E-state index contributed by atoms with van der Waals surface area (Å²) in [4.78, 5) is 28.1. The zero-order valence-electron chi connectivity index (χ0n) is 22.1. The average Bonchev–Trinajstić information content (AvgIpc) is 2.87. The van der Waals surface area contributed by atoms with Gasteiger partial charge in [0.15, 0.2) is 0 Å². The van der Waals surface area contributed by atoms with Gasteiger partial charge in [-0.2, -0.15) is 0 Å². The molecule has 2 aromatic carbocycles. The Morgan fingerprint density at radius 2 is 1.73 bits per heavy atom. The van der Waals surface area contributed by atoms with Crippen molar-refractivity contribution < 1.29 is 18.0 Å². The van der Waals surface area contributed by atoms with Crippen molar-refractivity contribution >= 4 is 33.2 Å². The molecule has 0 bridgehead atoms. The third-order valence-corrected chi connectivity index (χ3v) is 8.37. The molecule has 2 aromatic rings. The highest BCUT2D eigenvalue weighted by molar-refractivity contribution is 7.90. The van der Waals surface area contributed by atoms with Gasteiger partial charge in [0.2, 0.25) is 5.91 Å². The number of sulfonamides is 1. The van der Waals surface area contributed by atoms with E-state index in [0.717, 1.165) is 50.8 Å². The van der Waals surface area contributed by atoms with Crippen LogP contribution in [0.3, 0.4) is 0 Å². The average molecular weight is 529 g/mol. The number of nitrogens with one attached hydrogen (secondary N) is 2. The molecule has 9 heteroatoms. The lowest BCUT2D eigenvalue weighted by Gasteiger charge is -2.31. The van der Waals surface area contributed by atoms with Crippen molar-refractivity contribution in [3.05, 3.63) is 54.1 Å². The number of carbonyl (C=O) groups is 2. The van der Waals surface area contributed by atoms with E-state index in [1.165, 1.54) is 12.1 Å². The largest absolute Gasteiger partial charge is 0.397 e. The molecule has 1 atom stereocenters. The molecule has 1 unspecified atom stereocenters. The van der Waals surface area contributed by atoms with E-state index in [2.05, 4.69) is 28.8 Å². The number of benzene rings is 2. The van der Waals surface area contributed by atoms with Crippen molar-refractivity contribution in [1.82, 2.24) is 10.0 Å². The molecular weight excluding hydrogens is 488 g/mol. The number of nitrogens with two attached hydrogens (primary N) is 1. The number of anilines is 2. The van der Waals surface area contributed by atoms with Crippen LogP contribution >= 0.6 is 0 Å². The van der Waals surface area contributed by atoms with Gasteiger partial charge in [0.25, 0.3) is 15.9 Å². The zero-order valence-corrected chi connectivity index (χ0v) is 22.9. The summed E-state index contributed by atoms with van der Waals surface area (Å²) in [6.45, 7) is 5.20. The van der Waals surface area contributed by atoms with Crippen LogP contribution in [-0.2, 0) is 14.8 Å². The molecule has 0 aliphatic heterocycles. The molecule has 0 spiro atoms. The maximum Gasteiger partial charge on any atom is 0.264 e. The summed E-state index contributed by atoms with van der Waals surface area (Å²) < 4.78 is 27.4. The number of hydrogen-bond acceptors (Lipinski definition) is 6. The lowest BCUT2D eigenvalue weighted by atomic mass is 9.82. The van der Waals surface area contributed by atoms with Gasteiger partial charge in [0, 0.05) is 31.6 Å². The van der Waals surface area contributed by atoms with E-state index < -0.39 is 22.0 Å². The molecule has 1 aliphatic rings. The molecule has 0 saturated heterocycles. The second-order valence-electron chi connectivity index (χ2n) is 10.4. The molecule has 8 nitrogen and oxygen atoms in total. The first-order valence-electron chi connectivity index (χ1n) is 13.1. The quantitative estimate of drug-likeness (QED) is 0.373. The van der Waals surface area contributed by atoms with Crippen LogP contribution in [-0.4, -0.2) is 39.9 Å². The molecule has 202 valence electrons. The van der Waals surface area contributed by atoms with Crippen LogP contribution in [0.5, 0.6) is 0 Å². The zero-order chi connectivity index (χ0) is 27.0. The topological polar surface area (TPSA) is 122 Å².